The Kier molecular flexibility index (Phi) is 10.5. The summed E-state index contributed by atoms with van der Waals surface area (Å²) in [6, 6.07) is 37.1. The number of fused-ring (bicyclic) bond motifs is 3. The van der Waals surface area contributed by atoms with E-state index in [2.05, 4.69) is 47.6 Å². The molecule has 0 bridgehead atoms. The fourth-order valence-corrected chi connectivity index (χ4v) is 14.0. The first-order valence-corrected chi connectivity index (χ1v) is 23.8. The van der Waals surface area contributed by atoms with E-state index in [1.165, 1.54) is 16.8 Å². The number of aryl methyl sites for hydroxylation is 1. The van der Waals surface area contributed by atoms with E-state index in [4.69, 9.17) is 9.47 Å². The van der Waals surface area contributed by atoms with Crippen LogP contribution in [0.2, 0.25) is 18.6 Å². The lowest BCUT2D eigenvalue weighted by atomic mass is 9.82. The van der Waals surface area contributed by atoms with Crippen molar-refractivity contribution in [2.45, 2.75) is 62.7 Å². The first-order valence-electron chi connectivity index (χ1n) is 20.7. The van der Waals surface area contributed by atoms with Crippen LogP contribution >= 0.6 is 0 Å². The van der Waals surface area contributed by atoms with E-state index < -0.39 is 30.6 Å². The summed E-state index contributed by atoms with van der Waals surface area (Å²) in [4.78, 5) is 42.5. The molecule has 2 aromatic heterocycles. The largest absolute Gasteiger partial charge is 0.497 e. The van der Waals surface area contributed by atoms with Crippen molar-refractivity contribution < 1.29 is 24.3 Å². The van der Waals surface area contributed by atoms with E-state index in [1.807, 2.05) is 91.1 Å². The van der Waals surface area contributed by atoms with Crippen molar-refractivity contribution in [3.8, 4) is 11.4 Å². The number of aliphatic hydroxyl groups excluding tert-OH is 1. The Hall–Kier alpha value is -6.68. The Labute approximate surface area is 358 Å². The van der Waals surface area contributed by atoms with Crippen molar-refractivity contribution in [3.63, 3.8) is 0 Å². The van der Waals surface area contributed by atoms with Gasteiger partial charge in [-0.1, -0.05) is 97.1 Å². The van der Waals surface area contributed by atoms with Gasteiger partial charge in [0.1, 0.15) is 5.75 Å². The fraction of sp³-hybridized carbons (Fsp3) is 0.277. The molecular formula is C47H47N7O7Si. The molecule has 5 aromatic carbocycles. The molecule has 15 heteroatoms. The lowest BCUT2D eigenvalue weighted by Gasteiger charge is -2.37. The molecule has 1 fully saturated rings. The number of rotatable bonds is 13. The number of para-hydroxylation sites is 1. The number of H-pyrrole nitrogens is 1. The van der Waals surface area contributed by atoms with Gasteiger partial charge in [-0.2, -0.15) is 0 Å². The normalized spacial score (nSPS) is 20.2. The van der Waals surface area contributed by atoms with Gasteiger partial charge in [0.15, 0.2) is 5.60 Å². The van der Waals surface area contributed by atoms with E-state index in [1.54, 1.807) is 28.8 Å². The van der Waals surface area contributed by atoms with E-state index in [0.717, 1.165) is 22.1 Å². The number of amides is 1. The minimum absolute atomic E-state index is 0.131. The second kappa shape index (κ2) is 16.0. The molecule has 0 radical (unpaired) electrons. The number of methoxy groups -OCH3 is 1. The summed E-state index contributed by atoms with van der Waals surface area (Å²) in [7, 11) is -0.915. The molecule has 2 N–H and O–H groups in total. The van der Waals surface area contributed by atoms with E-state index in [0.29, 0.717) is 46.5 Å². The third-order valence-electron chi connectivity index (χ3n) is 13.1. The predicted molar refractivity (Wildman–Crippen MR) is 238 cm³/mol. The highest BCUT2D eigenvalue weighted by Crippen LogP contribution is 2.60. The minimum atomic E-state index is -2.55. The molecule has 1 amide bonds. The molecule has 4 heterocycles. The molecule has 2 aliphatic rings. The molecule has 9 rings (SSSR count). The number of aromatic amines is 1. The van der Waals surface area contributed by atoms with Crippen LogP contribution in [0.15, 0.2) is 132 Å². The van der Waals surface area contributed by atoms with Crippen molar-refractivity contribution in [3.05, 3.63) is 170 Å². The molecule has 0 saturated carbocycles. The van der Waals surface area contributed by atoms with Gasteiger partial charge in [-0.3, -0.25) is 29.5 Å². The number of non-ortho nitro benzene ring substituents is 1. The smallest absolute Gasteiger partial charge is 0.279 e. The van der Waals surface area contributed by atoms with Crippen LogP contribution in [0, 0.1) is 16.0 Å². The molecule has 5 atom stereocenters. The monoisotopic (exact) mass is 849 g/mol. The van der Waals surface area contributed by atoms with Crippen molar-refractivity contribution in [1.82, 2.24) is 24.8 Å². The fourth-order valence-electron chi connectivity index (χ4n) is 9.96. The summed E-state index contributed by atoms with van der Waals surface area (Å²) in [5.41, 5.74) is 2.66. The summed E-state index contributed by atoms with van der Waals surface area (Å²) in [5, 5.41) is 36.5. The van der Waals surface area contributed by atoms with Crippen LogP contribution in [-0.4, -0.2) is 68.6 Å². The number of carbonyl (C=O) groups is 1. The van der Waals surface area contributed by atoms with Gasteiger partial charge in [0, 0.05) is 36.4 Å². The van der Waals surface area contributed by atoms with Gasteiger partial charge in [-0.15, -0.1) is 5.10 Å². The predicted octanol–water partition coefficient (Wildman–Crippen LogP) is 6.80. The second-order valence-corrected chi connectivity index (χ2v) is 21.5. The molecule has 2 aliphatic heterocycles. The maximum atomic E-state index is 15.5. The third kappa shape index (κ3) is 6.82. The number of hydrogen-bond acceptors (Lipinski definition) is 9. The Bertz CT molecular complexity index is 2860. The topological polar surface area (TPSA) is 171 Å². The number of nitro benzene ring substituents is 1. The van der Waals surface area contributed by atoms with E-state index in [9.17, 15) is 20.0 Å². The van der Waals surface area contributed by atoms with Crippen molar-refractivity contribution in [2.24, 2.45) is 5.92 Å². The molecule has 1 saturated heterocycles. The number of carbonyl (C=O) groups excluding carboxylic acids is 1. The maximum absolute atomic E-state index is 15.5. The Balaban J connectivity index is 1.09. The summed E-state index contributed by atoms with van der Waals surface area (Å²) in [6.07, 6.45) is 1.86. The second-order valence-electron chi connectivity index (χ2n) is 16.8. The first-order chi connectivity index (χ1) is 29.9. The number of aliphatic hydroxyl groups is 1. The Morgan fingerprint density at radius 1 is 0.968 bits per heavy atom. The van der Waals surface area contributed by atoms with Crippen LogP contribution < -0.4 is 20.4 Å². The molecule has 7 aromatic rings. The van der Waals surface area contributed by atoms with Gasteiger partial charge in [0.2, 0.25) is 0 Å². The zero-order valence-corrected chi connectivity index (χ0v) is 35.8. The van der Waals surface area contributed by atoms with Gasteiger partial charge < -0.3 is 19.5 Å². The van der Waals surface area contributed by atoms with Gasteiger partial charge in [0.25, 0.3) is 17.2 Å². The number of hydrogen-bond donors (Lipinski definition) is 2. The molecule has 1 spiro atoms. The molecule has 1 unspecified atom stereocenters. The maximum Gasteiger partial charge on any atom is 0.279 e. The average Bonchev–Trinajstić information content (AvgIpc) is 4.03. The Morgan fingerprint density at radius 3 is 2.45 bits per heavy atom. The summed E-state index contributed by atoms with van der Waals surface area (Å²) in [5.74, 6) is -0.308. The molecule has 62 heavy (non-hydrogen) atoms. The van der Waals surface area contributed by atoms with Gasteiger partial charge in [0.05, 0.1) is 73.3 Å². The van der Waals surface area contributed by atoms with Gasteiger partial charge in [-0.05, 0) is 65.6 Å². The summed E-state index contributed by atoms with van der Waals surface area (Å²) >= 11 is 0. The number of anilines is 1. The minimum Gasteiger partial charge on any atom is -0.497 e. The quantitative estimate of drug-likeness (QED) is 0.0720. The molecule has 0 aliphatic carbocycles. The number of ether oxygens (including phenoxy) is 2. The van der Waals surface area contributed by atoms with Crippen LogP contribution in [0.25, 0.3) is 16.6 Å². The highest BCUT2D eigenvalue weighted by Gasteiger charge is 2.66. The first kappa shape index (κ1) is 40.7. The summed E-state index contributed by atoms with van der Waals surface area (Å²) < 4.78 is 16.0. The number of nitro groups is 1. The van der Waals surface area contributed by atoms with Crippen LogP contribution in [0.3, 0.4) is 0 Å². The molecule has 316 valence electrons. The van der Waals surface area contributed by atoms with Crippen molar-refractivity contribution >= 4 is 41.4 Å². The highest BCUT2D eigenvalue weighted by atomic mass is 28.3. The zero-order chi connectivity index (χ0) is 43.3. The number of nitrogens with one attached hydrogen (secondary N) is 1. The van der Waals surface area contributed by atoms with Crippen LogP contribution in [0.5, 0.6) is 5.75 Å². The SMILES string of the molecule is COc1ccc([Si](C)(C)[C@H]2[C@H](CCn3cc(C(CO)c4ccccc4)nn3)O[C@@]3(C(=O)N(Cc4cccc(-n5[nH]c6ccccc6c5=O)c4)c4ccc([N+](=O)[O-])cc43)[C@@H]2C)cc1. The zero-order valence-electron chi connectivity index (χ0n) is 34.8. The Morgan fingerprint density at radius 2 is 1.73 bits per heavy atom. The van der Waals surface area contributed by atoms with Crippen LogP contribution in [0.4, 0.5) is 11.4 Å². The molecular weight excluding hydrogens is 803 g/mol. The van der Waals surface area contributed by atoms with Gasteiger partial charge >= 0.3 is 0 Å². The van der Waals surface area contributed by atoms with E-state index >= 15 is 4.79 Å². The summed E-state index contributed by atoms with van der Waals surface area (Å²) in [6.45, 7) is 7.04. The highest BCUT2D eigenvalue weighted by molar-refractivity contribution is 6.91. The average molecular weight is 850 g/mol. The lowest BCUT2D eigenvalue weighted by Crippen LogP contribution is -2.51. The number of nitrogens with zero attached hydrogens (tertiary/aromatic N) is 6. The lowest BCUT2D eigenvalue weighted by molar-refractivity contribution is -0.385. The number of benzene rings is 5. The molecule has 14 nitrogen and oxygen atoms in total. The number of aromatic nitrogens is 5. The van der Waals surface area contributed by atoms with Crippen LogP contribution in [-0.2, 0) is 28.2 Å². The van der Waals surface area contributed by atoms with Crippen molar-refractivity contribution in [1.29, 1.82) is 0 Å². The van der Waals surface area contributed by atoms with Crippen LogP contribution in [0.1, 0.15) is 41.6 Å². The van der Waals surface area contributed by atoms with E-state index in [-0.39, 0.29) is 41.8 Å². The van der Waals surface area contributed by atoms with Gasteiger partial charge in [-0.25, -0.2) is 4.68 Å². The standard InChI is InChI=1S/C47H47N7O7Si/c1-30-44(62(3,4)36-20-18-35(60-2)19-21-36)43(23-24-51-28-41(48-50-51)38(29-55)32-12-6-5-7-13-32)61-47(30)39-26-34(54(58)59)17-22-42(39)52(46(47)57)27-31-11-10-14-33(25-31)53-45(56)37-15-8-9-16-40(37)49-53/h5-22,25-26,28,30,38,43-44,49,55H,23-24,27,29H2,1-4H3/t30-,38?,43+,44-,47+/m1/s1. The third-order valence-corrected chi connectivity index (χ3v) is 17.4. The van der Waals surface area contributed by atoms with Crippen molar-refractivity contribution in [2.75, 3.05) is 18.6 Å².